The van der Waals surface area contributed by atoms with E-state index in [1.165, 1.54) is 11.3 Å². The maximum Gasteiger partial charge on any atom is 0.225 e. The van der Waals surface area contributed by atoms with Crippen LogP contribution in [0.5, 0.6) is 5.75 Å². The maximum atomic E-state index is 13.1. The van der Waals surface area contributed by atoms with Gasteiger partial charge in [-0.05, 0) is 36.8 Å². The van der Waals surface area contributed by atoms with Crippen LogP contribution in [-0.4, -0.2) is 20.9 Å². The van der Waals surface area contributed by atoms with Gasteiger partial charge in [-0.15, -0.1) is 11.3 Å². The van der Waals surface area contributed by atoms with Gasteiger partial charge in [-0.3, -0.25) is 4.79 Å². The van der Waals surface area contributed by atoms with Gasteiger partial charge < -0.3 is 10.1 Å². The number of anilines is 1. The summed E-state index contributed by atoms with van der Waals surface area (Å²) in [6.07, 6.45) is 0.272. The molecule has 0 saturated heterocycles. The number of ether oxygens (including phenoxy) is 1. The molecule has 1 amide bonds. The van der Waals surface area contributed by atoms with E-state index in [-0.39, 0.29) is 28.0 Å². The first-order valence-corrected chi connectivity index (χ1v) is 11.3. The highest BCUT2D eigenvalue weighted by Crippen LogP contribution is 2.46. The average Bonchev–Trinajstić information content (AvgIpc) is 3.13. The fourth-order valence-electron chi connectivity index (χ4n) is 3.39. The molecule has 4 rings (SSSR count). The van der Waals surface area contributed by atoms with E-state index < -0.39 is 9.84 Å². The van der Waals surface area contributed by atoms with Gasteiger partial charge in [0.15, 0.2) is 0 Å². The highest BCUT2D eigenvalue weighted by atomic mass is 32.2. The fraction of sp³-hybridized carbons (Fsp3) is 0.190. The third-order valence-corrected chi connectivity index (χ3v) is 7.71. The number of sulfone groups is 1. The molecule has 1 aromatic heterocycles. The van der Waals surface area contributed by atoms with E-state index in [1.807, 2.05) is 31.2 Å². The number of carbonyl (C=O) groups is 1. The fourth-order valence-corrected chi connectivity index (χ4v) is 6.31. The topological polar surface area (TPSA) is 72.5 Å². The Morgan fingerprint density at radius 1 is 1.14 bits per heavy atom. The summed E-state index contributed by atoms with van der Waals surface area (Å²) < 4.78 is 31.8. The minimum absolute atomic E-state index is 0.151. The van der Waals surface area contributed by atoms with Crippen LogP contribution in [0.3, 0.4) is 0 Å². The smallest absolute Gasteiger partial charge is 0.225 e. The minimum atomic E-state index is -3.71. The van der Waals surface area contributed by atoms with Crippen LogP contribution < -0.4 is 10.1 Å². The van der Waals surface area contributed by atoms with Crippen LogP contribution in [0, 0.1) is 0 Å². The van der Waals surface area contributed by atoms with Crippen LogP contribution in [0.4, 0.5) is 5.69 Å². The maximum absolute atomic E-state index is 13.1. The van der Waals surface area contributed by atoms with Gasteiger partial charge in [0.05, 0.1) is 17.2 Å². The lowest BCUT2D eigenvalue weighted by atomic mass is 9.90. The first-order valence-electron chi connectivity index (χ1n) is 8.95. The normalized spacial score (nSPS) is 16.3. The van der Waals surface area contributed by atoms with Crippen LogP contribution in [0.25, 0.3) is 0 Å². The molecule has 0 aliphatic carbocycles. The molecule has 3 aromatic rings. The number of fused-ring (bicyclic) bond motifs is 1. The number of hydrogen-bond donors (Lipinski definition) is 1. The molecule has 28 heavy (non-hydrogen) atoms. The molecule has 2 heterocycles. The van der Waals surface area contributed by atoms with E-state index in [2.05, 4.69) is 5.32 Å². The van der Waals surface area contributed by atoms with Gasteiger partial charge in [0.25, 0.3) is 0 Å². The molecule has 0 spiro atoms. The zero-order valence-corrected chi connectivity index (χ0v) is 16.8. The molecule has 1 aliphatic rings. The molecule has 144 valence electrons. The SMILES string of the molecule is CCOc1cccc([C@H]2CC(=O)Nc3c(S(=O)(=O)c4ccccc4)csc32)c1. The summed E-state index contributed by atoms with van der Waals surface area (Å²) in [4.78, 5) is 13.6. The van der Waals surface area contributed by atoms with Crippen molar-refractivity contribution in [2.75, 3.05) is 11.9 Å². The Balaban J connectivity index is 1.80. The van der Waals surface area contributed by atoms with E-state index in [4.69, 9.17) is 4.74 Å². The van der Waals surface area contributed by atoms with Crippen molar-refractivity contribution in [2.45, 2.75) is 29.1 Å². The third-order valence-electron chi connectivity index (χ3n) is 4.67. The molecule has 1 N–H and O–H groups in total. The molecule has 0 radical (unpaired) electrons. The first kappa shape index (κ1) is 18.7. The zero-order chi connectivity index (χ0) is 19.7. The second-order valence-corrected chi connectivity index (χ2v) is 9.30. The van der Waals surface area contributed by atoms with Crippen molar-refractivity contribution in [3.05, 3.63) is 70.4 Å². The lowest BCUT2D eigenvalue weighted by molar-refractivity contribution is -0.116. The molecule has 0 fully saturated rings. The molecular formula is C21H19NO4S2. The van der Waals surface area contributed by atoms with Crippen molar-refractivity contribution in [3.8, 4) is 5.75 Å². The molecule has 7 heteroatoms. The van der Waals surface area contributed by atoms with E-state index in [9.17, 15) is 13.2 Å². The molecular weight excluding hydrogens is 394 g/mol. The highest BCUT2D eigenvalue weighted by molar-refractivity contribution is 7.91. The van der Waals surface area contributed by atoms with Crippen molar-refractivity contribution in [1.29, 1.82) is 0 Å². The van der Waals surface area contributed by atoms with Gasteiger partial charge in [0, 0.05) is 22.6 Å². The van der Waals surface area contributed by atoms with Crippen molar-refractivity contribution in [3.63, 3.8) is 0 Å². The van der Waals surface area contributed by atoms with Crippen molar-refractivity contribution in [1.82, 2.24) is 0 Å². The average molecular weight is 414 g/mol. The molecule has 0 bridgehead atoms. The number of hydrogen-bond acceptors (Lipinski definition) is 5. The van der Waals surface area contributed by atoms with Crippen molar-refractivity contribution in [2.24, 2.45) is 0 Å². The number of amides is 1. The van der Waals surface area contributed by atoms with Crippen molar-refractivity contribution < 1.29 is 17.9 Å². The molecule has 2 aromatic carbocycles. The van der Waals surface area contributed by atoms with Crippen LogP contribution in [0.1, 0.15) is 29.7 Å². The molecule has 1 atom stereocenters. The Kier molecular flexibility index (Phi) is 4.95. The zero-order valence-electron chi connectivity index (χ0n) is 15.2. The predicted octanol–water partition coefficient (Wildman–Crippen LogP) is 4.45. The summed E-state index contributed by atoms with van der Waals surface area (Å²) in [6, 6.07) is 15.9. The minimum Gasteiger partial charge on any atom is -0.494 e. The summed E-state index contributed by atoms with van der Waals surface area (Å²) >= 11 is 1.36. The Bertz CT molecular complexity index is 1120. The molecule has 5 nitrogen and oxygen atoms in total. The van der Waals surface area contributed by atoms with Crippen LogP contribution in [0.15, 0.2) is 69.8 Å². The van der Waals surface area contributed by atoms with Gasteiger partial charge in [0.1, 0.15) is 10.6 Å². The van der Waals surface area contributed by atoms with Gasteiger partial charge in [-0.1, -0.05) is 30.3 Å². The number of rotatable bonds is 5. The van der Waals surface area contributed by atoms with Gasteiger partial charge in [-0.2, -0.15) is 0 Å². The Morgan fingerprint density at radius 3 is 2.68 bits per heavy atom. The lowest BCUT2D eigenvalue weighted by Crippen LogP contribution is -2.23. The summed E-state index contributed by atoms with van der Waals surface area (Å²) in [5.41, 5.74) is 1.34. The van der Waals surface area contributed by atoms with E-state index in [1.54, 1.807) is 35.7 Å². The lowest BCUT2D eigenvalue weighted by Gasteiger charge is -2.24. The number of thiophene rings is 1. The summed E-state index contributed by atoms with van der Waals surface area (Å²) in [7, 11) is -3.71. The van der Waals surface area contributed by atoms with Gasteiger partial charge in [-0.25, -0.2) is 8.42 Å². The number of benzene rings is 2. The van der Waals surface area contributed by atoms with Crippen LogP contribution in [-0.2, 0) is 14.6 Å². The predicted molar refractivity (Wildman–Crippen MR) is 109 cm³/mol. The standard InChI is InChI=1S/C21H19NO4S2/c1-2-26-15-8-6-7-14(11-15)17-12-19(23)22-20-18(13-27-21(17)20)28(24,25)16-9-4-3-5-10-16/h3-11,13,17H,2,12H2,1H3,(H,22,23)/t17-/m1/s1. The van der Waals surface area contributed by atoms with E-state index in [0.717, 1.165) is 16.2 Å². The van der Waals surface area contributed by atoms with Crippen LogP contribution >= 0.6 is 11.3 Å². The Hall–Kier alpha value is -2.64. The van der Waals surface area contributed by atoms with Crippen molar-refractivity contribution >= 4 is 32.8 Å². The highest BCUT2D eigenvalue weighted by Gasteiger charge is 2.34. The second kappa shape index (κ2) is 7.41. The molecule has 0 saturated carbocycles. The summed E-state index contributed by atoms with van der Waals surface area (Å²) in [5, 5.41) is 4.41. The first-order chi connectivity index (χ1) is 13.5. The second-order valence-electron chi connectivity index (χ2n) is 6.47. The van der Waals surface area contributed by atoms with E-state index in [0.29, 0.717) is 12.3 Å². The van der Waals surface area contributed by atoms with Crippen LogP contribution in [0.2, 0.25) is 0 Å². The molecule has 0 unspecified atom stereocenters. The third kappa shape index (κ3) is 3.31. The quantitative estimate of drug-likeness (QED) is 0.671. The Labute approximate surface area is 167 Å². The Morgan fingerprint density at radius 2 is 1.93 bits per heavy atom. The largest absolute Gasteiger partial charge is 0.494 e. The summed E-state index contributed by atoms with van der Waals surface area (Å²) in [6.45, 7) is 2.47. The van der Waals surface area contributed by atoms with Gasteiger partial charge >= 0.3 is 0 Å². The summed E-state index contributed by atoms with van der Waals surface area (Å²) in [5.74, 6) is 0.345. The molecule has 1 aliphatic heterocycles. The number of nitrogens with one attached hydrogen (secondary N) is 1. The monoisotopic (exact) mass is 413 g/mol. The van der Waals surface area contributed by atoms with E-state index >= 15 is 0 Å². The van der Waals surface area contributed by atoms with Gasteiger partial charge in [0.2, 0.25) is 15.7 Å². The number of carbonyl (C=O) groups excluding carboxylic acids is 1.